The Morgan fingerprint density at radius 1 is 1.62 bits per heavy atom. The number of rotatable bonds is 1. The highest BCUT2D eigenvalue weighted by Gasteiger charge is 2.15. The van der Waals surface area contributed by atoms with Gasteiger partial charge in [-0.1, -0.05) is 0 Å². The van der Waals surface area contributed by atoms with Gasteiger partial charge >= 0.3 is 0 Å². The minimum atomic E-state index is -0.440. The molecule has 1 atom stereocenters. The summed E-state index contributed by atoms with van der Waals surface area (Å²) in [5.41, 5.74) is 0.896. The van der Waals surface area contributed by atoms with Crippen molar-refractivity contribution in [2.45, 2.75) is 6.04 Å². The topological polar surface area (TPSA) is 34.1 Å². The molecule has 70 valence electrons. The van der Waals surface area contributed by atoms with Crippen molar-refractivity contribution < 1.29 is 9.13 Å². The Kier molecular flexibility index (Phi) is 2.52. The molecule has 0 amide bonds. The summed E-state index contributed by atoms with van der Waals surface area (Å²) in [4.78, 5) is 3.50. The van der Waals surface area contributed by atoms with Gasteiger partial charge in [0.25, 0.3) is 0 Å². The van der Waals surface area contributed by atoms with E-state index in [9.17, 15) is 4.39 Å². The van der Waals surface area contributed by atoms with Gasteiger partial charge < -0.3 is 10.1 Å². The van der Waals surface area contributed by atoms with Crippen molar-refractivity contribution in [3.8, 4) is 0 Å². The summed E-state index contributed by atoms with van der Waals surface area (Å²) >= 11 is 0. The van der Waals surface area contributed by atoms with E-state index in [2.05, 4.69) is 10.3 Å². The molecule has 0 saturated carbocycles. The van der Waals surface area contributed by atoms with Gasteiger partial charge in [0.15, 0.2) is 0 Å². The molecule has 4 heteroatoms. The van der Waals surface area contributed by atoms with Crippen LogP contribution in [-0.4, -0.2) is 24.7 Å². The van der Waals surface area contributed by atoms with Gasteiger partial charge in [0, 0.05) is 12.7 Å². The number of morpholine rings is 1. The van der Waals surface area contributed by atoms with Crippen LogP contribution in [0.2, 0.25) is 0 Å². The van der Waals surface area contributed by atoms with Crippen LogP contribution in [0.15, 0.2) is 18.3 Å². The molecule has 0 bridgehead atoms. The number of nitrogens with one attached hydrogen (secondary N) is 1. The summed E-state index contributed by atoms with van der Waals surface area (Å²) < 4.78 is 18.0. The van der Waals surface area contributed by atoms with Gasteiger partial charge in [-0.2, -0.15) is 4.39 Å². The van der Waals surface area contributed by atoms with Crippen LogP contribution >= 0.6 is 0 Å². The largest absolute Gasteiger partial charge is 0.378 e. The van der Waals surface area contributed by atoms with E-state index >= 15 is 0 Å². The maximum atomic E-state index is 12.7. The van der Waals surface area contributed by atoms with Crippen LogP contribution < -0.4 is 5.32 Å². The van der Waals surface area contributed by atoms with E-state index in [0.29, 0.717) is 6.61 Å². The lowest BCUT2D eigenvalue weighted by atomic mass is 10.1. The smallest absolute Gasteiger partial charge is 0.213 e. The number of aromatic nitrogens is 1. The van der Waals surface area contributed by atoms with E-state index < -0.39 is 5.95 Å². The van der Waals surface area contributed by atoms with Crippen LogP contribution in [0.25, 0.3) is 0 Å². The van der Waals surface area contributed by atoms with Crippen molar-refractivity contribution in [1.82, 2.24) is 10.3 Å². The predicted molar refractivity (Wildman–Crippen MR) is 45.8 cm³/mol. The number of hydrogen-bond acceptors (Lipinski definition) is 3. The van der Waals surface area contributed by atoms with Crippen molar-refractivity contribution in [2.75, 3.05) is 19.8 Å². The minimum absolute atomic E-state index is 0.103. The molecule has 0 aliphatic carbocycles. The van der Waals surface area contributed by atoms with Crippen molar-refractivity contribution in [2.24, 2.45) is 0 Å². The highest BCUT2D eigenvalue weighted by atomic mass is 19.1. The molecule has 1 aliphatic heterocycles. The zero-order valence-corrected chi connectivity index (χ0v) is 7.16. The van der Waals surface area contributed by atoms with Gasteiger partial charge in [-0.3, -0.25) is 0 Å². The number of halogens is 1. The fraction of sp³-hybridized carbons (Fsp3) is 0.444. The lowest BCUT2D eigenvalue weighted by Crippen LogP contribution is -2.34. The molecule has 3 nitrogen and oxygen atoms in total. The van der Waals surface area contributed by atoms with Crippen LogP contribution in [0.4, 0.5) is 4.39 Å². The van der Waals surface area contributed by atoms with Gasteiger partial charge in [-0.15, -0.1) is 0 Å². The van der Waals surface area contributed by atoms with Crippen molar-refractivity contribution in [3.05, 3.63) is 29.8 Å². The molecular formula is C9H11FN2O. The zero-order chi connectivity index (χ0) is 9.10. The number of ether oxygens (including phenoxy) is 1. The van der Waals surface area contributed by atoms with Crippen molar-refractivity contribution in [1.29, 1.82) is 0 Å². The number of nitrogens with zero attached hydrogens (tertiary/aromatic N) is 1. The minimum Gasteiger partial charge on any atom is -0.378 e. The van der Waals surface area contributed by atoms with Crippen molar-refractivity contribution >= 4 is 0 Å². The quantitative estimate of drug-likeness (QED) is 0.655. The number of pyridine rings is 1. The second-order valence-electron chi connectivity index (χ2n) is 2.99. The van der Waals surface area contributed by atoms with Crippen LogP contribution in [-0.2, 0) is 4.74 Å². The van der Waals surface area contributed by atoms with Gasteiger partial charge in [0.05, 0.1) is 19.3 Å². The highest BCUT2D eigenvalue weighted by Crippen LogP contribution is 2.15. The summed E-state index contributed by atoms with van der Waals surface area (Å²) in [6.07, 6.45) is 1.47. The molecule has 1 fully saturated rings. The monoisotopic (exact) mass is 182 g/mol. The molecule has 0 aromatic carbocycles. The first-order valence-corrected chi connectivity index (χ1v) is 4.29. The molecule has 0 unspecified atom stereocenters. The average molecular weight is 182 g/mol. The molecule has 1 aliphatic rings. The standard InChI is InChI=1S/C9H11FN2O/c10-9-5-7(1-2-12-9)8-6-13-4-3-11-8/h1-2,5,8,11H,3-4,6H2/t8-/m0/s1. The second-order valence-corrected chi connectivity index (χ2v) is 2.99. The highest BCUT2D eigenvalue weighted by molar-refractivity contribution is 5.16. The lowest BCUT2D eigenvalue weighted by Gasteiger charge is -2.23. The first kappa shape index (κ1) is 8.59. The van der Waals surface area contributed by atoms with E-state index in [0.717, 1.165) is 18.7 Å². The van der Waals surface area contributed by atoms with Crippen LogP contribution in [0, 0.1) is 5.95 Å². The second kappa shape index (κ2) is 3.81. The Morgan fingerprint density at radius 3 is 3.23 bits per heavy atom. The van der Waals surface area contributed by atoms with E-state index in [1.165, 1.54) is 12.3 Å². The van der Waals surface area contributed by atoms with E-state index in [4.69, 9.17) is 4.74 Å². The first-order chi connectivity index (χ1) is 6.36. The maximum absolute atomic E-state index is 12.7. The molecule has 1 aromatic rings. The molecule has 2 heterocycles. The molecule has 0 spiro atoms. The summed E-state index contributed by atoms with van der Waals surface area (Å²) in [5, 5.41) is 3.24. The molecule has 2 rings (SSSR count). The molecule has 0 radical (unpaired) electrons. The molecular weight excluding hydrogens is 171 g/mol. The normalized spacial score (nSPS) is 23.0. The predicted octanol–water partition coefficient (Wildman–Crippen LogP) is 0.882. The SMILES string of the molecule is Fc1cc([C@@H]2COCCN2)ccn1. The Balaban J connectivity index is 2.14. The van der Waals surface area contributed by atoms with E-state index in [-0.39, 0.29) is 6.04 Å². The first-order valence-electron chi connectivity index (χ1n) is 4.29. The summed E-state index contributed by atoms with van der Waals surface area (Å²) in [6.45, 7) is 2.14. The van der Waals surface area contributed by atoms with Gasteiger partial charge in [-0.05, 0) is 17.7 Å². The Bertz CT molecular complexity index is 287. The van der Waals surface area contributed by atoms with Crippen LogP contribution in [0.5, 0.6) is 0 Å². The van der Waals surface area contributed by atoms with Gasteiger partial charge in [0.1, 0.15) is 0 Å². The molecule has 13 heavy (non-hydrogen) atoms. The third kappa shape index (κ3) is 2.02. The number of hydrogen-bond donors (Lipinski definition) is 1. The summed E-state index contributed by atoms with van der Waals surface area (Å²) in [6, 6.07) is 3.34. The fourth-order valence-corrected chi connectivity index (χ4v) is 1.41. The Labute approximate surface area is 75.9 Å². The van der Waals surface area contributed by atoms with Gasteiger partial charge in [-0.25, -0.2) is 4.98 Å². The van der Waals surface area contributed by atoms with Crippen molar-refractivity contribution in [3.63, 3.8) is 0 Å². The summed E-state index contributed by atoms with van der Waals surface area (Å²) in [5.74, 6) is -0.440. The third-order valence-electron chi connectivity index (χ3n) is 2.07. The van der Waals surface area contributed by atoms with Crippen LogP contribution in [0.1, 0.15) is 11.6 Å². The molecule has 1 N–H and O–H groups in total. The van der Waals surface area contributed by atoms with Gasteiger partial charge in [0.2, 0.25) is 5.95 Å². The Hall–Kier alpha value is -1.00. The lowest BCUT2D eigenvalue weighted by molar-refractivity contribution is 0.0767. The van der Waals surface area contributed by atoms with E-state index in [1.54, 1.807) is 6.07 Å². The Morgan fingerprint density at radius 2 is 2.54 bits per heavy atom. The molecule has 1 aromatic heterocycles. The molecule has 1 saturated heterocycles. The third-order valence-corrected chi connectivity index (χ3v) is 2.07. The summed E-state index contributed by atoms with van der Waals surface area (Å²) in [7, 11) is 0. The maximum Gasteiger partial charge on any atom is 0.213 e. The average Bonchev–Trinajstić information content (AvgIpc) is 2.19. The zero-order valence-electron chi connectivity index (χ0n) is 7.16. The van der Waals surface area contributed by atoms with Crippen LogP contribution in [0.3, 0.4) is 0 Å². The van der Waals surface area contributed by atoms with E-state index in [1.807, 2.05) is 0 Å². The fourth-order valence-electron chi connectivity index (χ4n) is 1.41.